The molecule has 29 heavy (non-hydrogen) atoms. The lowest BCUT2D eigenvalue weighted by Gasteiger charge is -2.13. The highest BCUT2D eigenvalue weighted by Crippen LogP contribution is 2.25. The van der Waals surface area contributed by atoms with Crippen molar-refractivity contribution in [3.05, 3.63) is 92.3 Å². The van der Waals surface area contributed by atoms with E-state index in [0.717, 1.165) is 22.5 Å². The van der Waals surface area contributed by atoms with E-state index >= 15 is 0 Å². The molecular weight excluding hydrogens is 384 g/mol. The number of carboxylic acid groups (broad SMARTS) is 1. The van der Waals surface area contributed by atoms with Crippen LogP contribution >= 0.6 is 11.6 Å². The van der Waals surface area contributed by atoms with E-state index in [1.165, 1.54) is 16.7 Å². The molecule has 0 amide bonds. The molecule has 0 aliphatic carbocycles. The molecule has 0 spiro atoms. The number of aryl methyl sites for hydroxylation is 2. The largest absolute Gasteiger partial charge is 0.478 e. The fraction of sp³-hybridized carbons (Fsp3) is 0.292. The number of hydrogen-bond acceptors (Lipinski definition) is 2. The minimum atomic E-state index is -0.881. The SMILES string of the molecule is Cc1ccc(C)c(Cn2c(C)c(CNCc3ccc(Cl)cc3)c(C(=O)O)c2C)c1. The first-order chi connectivity index (χ1) is 13.8. The highest BCUT2D eigenvalue weighted by Gasteiger charge is 2.22. The van der Waals surface area contributed by atoms with E-state index in [-0.39, 0.29) is 0 Å². The molecule has 0 unspecified atom stereocenters. The summed E-state index contributed by atoms with van der Waals surface area (Å²) >= 11 is 5.94. The minimum absolute atomic E-state index is 0.399. The normalized spacial score (nSPS) is 11.1. The van der Waals surface area contributed by atoms with Gasteiger partial charge in [-0.2, -0.15) is 0 Å². The number of hydrogen-bond donors (Lipinski definition) is 2. The summed E-state index contributed by atoms with van der Waals surface area (Å²) in [5, 5.41) is 13.9. The second kappa shape index (κ2) is 8.85. The number of rotatable bonds is 7. The molecule has 2 N–H and O–H groups in total. The van der Waals surface area contributed by atoms with Crippen LogP contribution in [0.5, 0.6) is 0 Å². The van der Waals surface area contributed by atoms with Gasteiger partial charge in [-0.05, 0) is 56.5 Å². The second-order valence-corrected chi connectivity index (χ2v) is 8.01. The number of carbonyl (C=O) groups is 1. The number of aromatic nitrogens is 1. The lowest BCUT2D eigenvalue weighted by atomic mass is 10.1. The van der Waals surface area contributed by atoms with Gasteiger partial charge in [0.25, 0.3) is 0 Å². The summed E-state index contributed by atoms with van der Waals surface area (Å²) in [7, 11) is 0. The standard InChI is InChI=1S/C24H27ClN2O2/c1-15-5-6-16(2)20(11-15)14-27-17(3)22(23(18(27)4)24(28)29)13-26-12-19-7-9-21(25)10-8-19/h5-11,26H,12-14H2,1-4H3,(H,28,29). The summed E-state index contributed by atoms with van der Waals surface area (Å²) < 4.78 is 2.12. The monoisotopic (exact) mass is 410 g/mol. The molecule has 0 atom stereocenters. The summed E-state index contributed by atoms with van der Waals surface area (Å²) in [6.45, 7) is 9.88. The molecule has 1 heterocycles. The third-order valence-electron chi connectivity index (χ3n) is 5.50. The average molecular weight is 411 g/mol. The van der Waals surface area contributed by atoms with Crippen molar-refractivity contribution in [1.82, 2.24) is 9.88 Å². The molecule has 0 fully saturated rings. The van der Waals surface area contributed by atoms with Crippen molar-refractivity contribution in [3.8, 4) is 0 Å². The molecule has 0 aliphatic rings. The van der Waals surface area contributed by atoms with E-state index in [2.05, 4.69) is 41.9 Å². The topological polar surface area (TPSA) is 54.3 Å². The van der Waals surface area contributed by atoms with E-state index in [4.69, 9.17) is 11.6 Å². The molecule has 0 aliphatic heterocycles. The van der Waals surface area contributed by atoms with Gasteiger partial charge in [-0.1, -0.05) is 47.5 Å². The average Bonchev–Trinajstić information content (AvgIpc) is 2.90. The van der Waals surface area contributed by atoms with Crippen molar-refractivity contribution in [2.24, 2.45) is 0 Å². The number of aromatic carboxylic acids is 1. The Kier molecular flexibility index (Phi) is 6.46. The second-order valence-electron chi connectivity index (χ2n) is 7.58. The lowest BCUT2D eigenvalue weighted by Crippen LogP contribution is -2.15. The predicted octanol–water partition coefficient (Wildman–Crippen LogP) is 5.41. The van der Waals surface area contributed by atoms with Gasteiger partial charge in [0.05, 0.1) is 5.56 Å². The van der Waals surface area contributed by atoms with Gasteiger partial charge in [0.1, 0.15) is 0 Å². The number of carboxylic acids is 1. The van der Waals surface area contributed by atoms with Crippen LogP contribution < -0.4 is 5.32 Å². The Bertz CT molecular complexity index is 1040. The van der Waals surface area contributed by atoms with Crippen LogP contribution in [-0.2, 0) is 19.6 Å². The van der Waals surface area contributed by atoms with Crippen molar-refractivity contribution in [1.29, 1.82) is 0 Å². The molecule has 3 aromatic rings. The van der Waals surface area contributed by atoms with Crippen molar-refractivity contribution in [3.63, 3.8) is 0 Å². The molecule has 5 heteroatoms. The third kappa shape index (κ3) is 4.72. The van der Waals surface area contributed by atoms with Crippen molar-refractivity contribution in [2.45, 2.75) is 47.3 Å². The number of nitrogens with zero attached hydrogens (tertiary/aromatic N) is 1. The van der Waals surface area contributed by atoms with E-state index < -0.39 is 5.97 Å². The molecule has 3 rings (SSSR count). The Labute approximate surface area is 177 Å². The molecule has 2 aromatic carbocycles. The first-order valence-electron chi connectivity index (χ1n) is 9.71. The van der Waals surface area contributed by atoms with E-state index in [1.807, 2.05) is 38.1 Å². The van der Waals surface area contributed by atoms with Gasteiger partial charge in [-0.25, -0.2) is 4.79 Å². The Balaban J connectivity index is 1.86. The molecular formula is C24H27ClN2O2. The number of halogens is 1. The van der Waals surface area contributed by atoms with Crippen LogP contribution in [0.25, 0.3) is 0 Å². The molecule has 0 saturated carbocycles. The van der Waals surface area contributed by atoms with Gasteiger partial charge in [-0.3, -0.25) is 0 Å². The van der Waals surface area contributed by atoms with Crippen molar-refractivity contribution in [2.75, 3.05) is 0 Å². The molecule has 152 valence electrons. The van der Waals surface area contributed by atoms with Crippen LogP contribution in [0.1, 0.15) is 49.6 Å². The van der Waals surface area contributed by atoms with Crippen LogP contribution in [0, 0.1) is 27.7 Å². The smallest absolute Gasteiger partial charge is 0.337 e. The van der Waals surface area contributed by atoms with Crippen molar-refractivity contribution >= 4 is 17.6 Å². The zero-order valence-electron chi connectivity index (χ0n) is 17.3. The summed E-state index contributed by atoms with van der Waals surface area (Å²) in [5.41, 5.74) is 7.76. The summed E-state index contributed by atoms with van der Waals surface area (Å²) in [5.74, 6) is -0.881. The maximum absolute atomic E-state index is 12.0. The van der Waals surface area contributed by atoms with E-state index in [9.17, 15) is 9.90 Å². The van der Waals surface area contributed by atoms with Crippen LogP contribution in [0.2, 0.25) is 5.02 Å². The van der Waals surface area contributed by atoms with Gasteiger partial charge >= 0.3 is 5.97 Å². The fourth-order valence-corrected chi connectivity index (χ4v) is 3.89. The zero-order valence-corrected chi connectivity index (χ0v) is 18.1. The number of nitrogens with one attached hydrogen (secondary N) is 1. The zero-order chi connectivity index (χ0) is 21.1. The van der Waals surface area contributed by atoms with E-state index in [0.29, 0.717) is 30.2 Å². The molecule has 1 aromatic heterocycles. The Hall–Kier alpha value is -2.56. The van der Waals surface area contributed by atoms with Gasteiger partial charge in [-0.15, -0.1) is 0 Å². The number of benzene rings is 2. The summed E-state index contributed by atoms with van der Waals surface area (Å²) in [4.78, 5) is 12.0. The van der Waals surface area contributed by atoms with Crippen LogP contribution in [-0.4, -0.2) is 15.6 Å². The molecule has 4 nitrogen and oxygen atoms in total. The van der Waals surface area contributed by atoms with Gasteiger partial charge in [0, 0.05) is 41.6 Å². The maximum atomic E-state index is 12.0. The van der Waals surface area contributed by atoms with Crippen LogP contribution in [0.4, 0.5) is 0 Å². The first kappa shape index (κ1) is 21.2. The Morgan fingerprint density at radius 1 is 1.00 bits per heavy atom. The lowest BCUT2D eigenvalue weighted by molar-refractivity contribution is 0.0694. The fourth-order valence-electron chi connectivity index (χ4n) is 3.76. The molecule has 0 bridgehead atoms. The van der Waals surface area contributed by atoms with Crippen LogP contribution in [0.3, 0.4) is 0 Å². The van der Waals surface area contributed by atoms with E-state index in [1.54, 1.807) is 0 Å². The summed E-state index contributed by atoms with van der Waals surface area (Å²) in [6.07, 6.45) is 0. The first-order valence-corrected chi connectivity index (χ1v) is 10.1. The Morgan fingerprint density at radius 3 is 2.34 bits per heavy atom. The van der Waals surface area contributed by atoms with Gasteiger partial charge in [0.2, 0.25) is 0 Å². The minimum Gasteiger partial charge on any atom is -0.478 e. The third-order valence-corrected chi connectivity index (χ3v) is 5.75. The van der Waals surface area contributed by atoms with Gasteiger partial charge < -0.3 is 15.0 Å². The highest BCUT2D eigenvalue weighted by atomic mass is 35.5. The predicted molar refractivity (Wildman–Crippen MR) is 118 cm³/mol. The van der Waals surface area contributed by atoms with Crippen molar-refractivity contribution < 1.29 is 9.90 Å². The Morgan fingerprint density at radius 2 is 1.69 bits per heavy atom. The molecule has 0 radical (unpaired) electrons. The summed E-state index contributed by atoms with van der Waals surface area (Å²) in [6, 6.07) is 14.0. The highest BCUT2D eigenvalue weighted by molar-refractivity contribution is 6.30. The van der Waals surface area contributed by atoms with Crippen LogP contribution in [0.15, 0.2) is 42.5 Å². The molecule has 0 saturated heterocycles. The van der Waals surface area contributed by atoms with Gasteiger partial charge in [0.15, 0.2) is 0 Å². The maximum Gasteiger partial charge on any atom is 0.337 e. The quantitative estimate of drug-likeness (QED) is 0.547.